The Bertz CT molecular complexity index is 695. The highest BCUT2D eigenvalue weighted by molar-refractivity contribution is 14.0. The predicted octanol–water partition coefficient (Wildman–Crippen LogP) is 3.67. The molecule has 0 bridgehead atoms. The fraction of sp³-hybridized carbons (Fsp3) is 0.500. The molecule has 3 N–H and O–H groups in total. The molecule has 25 heavy (non-hydrogen) atoms. The van der Waals surface area contributed by atoms with Crippen molar-refractivity contribution in [1.29, 1.82) is 0 Å². The van der Waals surface area contributed by atoms with Gasteiger partial charge < -0.3 is 15.2 Å². The lowest BCUT2D eigenvalue weighted by Gasteiger charge is -2.11. The van der Waals surface area contributed by atoms with Crippen molar-refractivity contribution in [2.75, 3.05) is 13.1 Å². The fourth-order valence-corrected chi connectivity index (χ4v) is 2.77. The minimum atomic E-state index is 0. The molecular formula is C16H25Cl2IN6. The van der Waals surface area contributed by atoms with Crippen LogP contribution >= 0.6 is 47.2 Å². The number of hydrogen-bond acceptors (Lipinski definition) is 2. The molecule has 0 aliphatic carbocycles. The van der Waals surface area contributed by atoms with Crippen LogP contribution in [0.15, 0.2) is 17.3 Å². The minimum Gasteiger partial charge on any atom is -0.357 e. The van der Waals surface area contributed by atoms with Crippen molar-refractivity contribution < 1.29 is 0 Å². The molecule has 0 aliphatic rings. The molecule has 6 nitrogen and oxygen atoms in total. The van der Waals surface area contributed by atoms with Crippen LogP contribution in [0.25, 0.3) is 0 Å². The normalized spacial score (nSPS) is 11.3. The summed E-state index contributed by atoms with van der Waals surface area (Å²) >= 11 is 12.1. The lowest BCUT2D eigenvalue weighted by atomic mass is 10.1. The quantitative estimate of drug-likeness (QED) is 0.236. The molecule has 0 spiro atoms. The molecule has 0 unspecified atom stereocenters. The first-order valence-electron chi connectivity index (χ1n) is 8.03. The molecule has 2 aromatic heterocycles. The zero-order chi connectivity index (χ0) is 17.5. The number of nitrogens with one attached hydrogen (secondary N) is 3. The Balaban J connectivity index is 0.00000312. The summed E-state index contributed by atoms with van der Waals surface area (Å²) in [6.45, 7) is 6.24. The van der Waals surface area contributed by atoms with Gasteiger partial charge in [-0.3, -0.25) is 5.10 Å². The van der Waals surface area contributed by atoms with E-state index in [0.717, 1.165) is 43.3 Å². The van der Waals surface area contributed by atoms with Gasteiger partial charge in [-0.05, 0) is 38.3 Å². The molecule has 0 aliphatic heterocycles. The second-order valence-electron chi connectivity index (χ2n) is 5.58. The third-order valence-electron chi connectivity index (χ3n) is 3.81. The van der Waals surface area contributed by atoms with Gasteiger partial charge in [0, 0.05) is 31.5 Å². The smallest absolute Gasteiger partial charge is 0.191 e. The van der Waals surface area contributed by atoms with Gasteiger partial charge in [-0.25, -0.2) is 4.99 Å². The van der Waals surface area contributed by atoms with E-state index in [1.807, 2.05) is 37.7 Å². The Morgan fingerprint density at radius 3 is 2.68 bits per heavy atom. The van der Waals surface area contributed by atoms with Gasteiger partial charge in [-0.15, -0.1) is 24.0 Å². The Hall–Kier alpha value is -0.930. The number of hydrogen-bond donors (Lipinski definition) is 3. The average molecular weight is 499 g/mol. The monoisotopic (exact) mass is 498 g/mol. The van der Waals surface area contributed by atoms with Crippen molar-refractivity contribution in [3.63, 3.8) is 0 Å². The van der Waals surface area contributed by atoms with Gasteiger partial charge in [0.05, 0.1) is 17.8 Å². The first kappa shape index (κ1) is 22.1. The first-order valence-corrected chi connectivity index (χ1v) is 8.79. The van der Waals surface area contributed by atoms with E-state index in [9.17, 15) is 0 Å². The highest BCUT2D eigenvalue weighted by Crippen LogP contribution is 2.25. The summed E-state index contributed by atoms with van der Waals surface area (Å²) in [6.07, 6.45) is 3.88. The Labute approximate surface area is 175 Å². The standard InChI is InChI=1S/C16H24Cl2N6.HI/c1-4-19-16(20-7-5-6-12-9-22-23-11(12)2)21-10-13-8-14(17)15(18)24(13)3;/h8-9H,4-7,10H2,1-3H3,(H,22,23)(H2,19,20,21);1H. The highest BCUT2D eigenvalue weighted by Gasteiger charge is 2.08. The van der Waals surface area contributed by atoms with E-state index >= 15 is 0 Å². The number of nitrogens with zero attached hydrogens (tertiary/aromatic N) is 3. The number of aliphatic imine (C=N–C) groups is 1. The van der Waals surface area contributed by atoms with Crippen LogP contribution < -0.4 is 10.6 Å². The maximum atomic E-state index is 6.08. The van der Waals surface area contributed by atoms with Gasteiger partial charge >= 0.3 is 0 Å². The molecule has 2 rings (SSSR count). The van der Waals surface area contributed by atoms with E-state index in [1.165, 1.54) is 5.56 Å². The van der Waals surface area contributed by atoms with Crippen molar-refractivity contribution in [3.8, 4) is 0 Å². The van der Waals surface area contributed by atoms with E-state index < -0.39 is 0 Å². The number of aromatic nitrogens is 3. The predicted molar refractivity (Wildman–Crippen MR) is 115 cm³/mol. The van der Waals surface area contributed by atoms with Crippen LogP contribution in [-0.2, 0) is 20.0 Å². The molecular weight excluding hydrogens is 474 g/mol. The second kappa shape index (κ2) is 10.9. The molecule has 0 radical (unpaired) electrons. The minimum absolute atomic E-state index is 0. The Morgan fingerprint density at radius 2 is 2.12 bits per heavy atom. The zero-order valence-corrected chi connectivity index (χ0v) is 18.5. The maximum absolute atomic E-state index is 6.08. The van der Waals surface area contributed by atoms with Crippen LogP contribution in [0.4, 0.5) is 0 Å². The number of aromatic amines is 1. The summed E-state index contributed by atoms with van der Waals surface area (Å²) < 4.78 is 1.85. The van der Waals surface area contributed by atoms with E-state index in [2.05, 4.69) is 25.8 Å². The van der Waals surface area contributed by atoms with Crippen LogP contribution in [0.2, 0.25) is 10.2 Å². The van der Waals surface area contributed by atoms with Gasteiger partial charge in [-0.2, -0.15) is 5.10 Å². The van der Waals surface area contributed by atoms with Crippen molar-refractivity contribution in [1.82, 2.24) is 25.4 Å². The summed E-state index contributed by atoms with van der Waals surface area (Å²) in [6, 6.07) is 1.85. The summed E-state index contributed by atoms with van der Waals surface area (Å²) in [5, 5.41) is 14.7. The van der Waals surface area contributed by atoms with E-state index in [4.69, 9.17) is 23.2 Å². The second-order valence-corrected chi connectivity index (χ2v) is 6.34. The van der Waals surface area contributed by atoms with Crippen molar-refractivity contribution in [2.45, 2.75) is 33.2 Å². The lowest BCUT2D eigenvalue weighted by Crippen LogP contribution is -2.37. The van der Waals surface area contributed by atoms with E-state index in [-0.39, 0.29) is 24.0 Å². The Kier molecular flexibility index (Phi) is 9.66. The molecule has 9 heteroatoms. The third-order valence-corrected chi connectivity index (χ3v) is 4.65. The number of rotatable bonds is 7. The molecule has 2 heterocycles. The average Bonchev–Trinajstić information content (AvgIpc) is 3.07. The third kappa shape index (κ3) is 6.38. The molecule has 2 aromatic rings. The first-order chi connectivity index (χ1) is 11.5. The molecule has 0 saturated heterocycles. The summed E-state index contributed by atoms with van der Waals surface area (Å²) in [7, 11) is 1.88. The highest BCUT2D eigenvalue weighted by atomic mass is 127. The van der Waals surface area contributed by atoms with Crippen LogP contribution in [0, 0.1) is 6.92 Å². The van der Waals surface area contributed by atoms with Crippen LogP contribution in [-0.4, -0.2) is 33.8 Å². The number of halogens is 3. The topological polar surface area (TPSA) is 70.0 Å². The zero-order valence-electron chi connectivity index (χ0n) is 14.7. The van der Waals surface area contributed by atoms with Crippen LogP contribution in [0.5, 0.6) is 0 Å². The SMILES string of the molecule is CCNC(=NCc1cc(Cl)c(Cl)n1C)NCCCc1cn[nH]c1C.I. The summed E-state index contributed by atoms with van der Waals surface area (Å²) in [5.41, 5.74) is 3.36. The fourth-order valence-electron chi connectivity index (χ4n) is 2.36. The van der Waals surface area contributed by atoms with Gasteiger partial charge in [0.2, 0.25) is 0 Å². The maximum Gasteiger partial charge on any atom is 0.191 e. The number of guanidine groups is 1. The van der Waals surface area contributed by atoms with Crippen molar-refractivity contribution in [2.24, 2.45) is 12.0 Å². The molecule has 0 saturated carbocycles. The summed E-state index contributed by atoms with van der Waals surface area (Å²) in [4.78, 5) is 4.59. The summed E-state index contributed by atoms with van der Waals surface area (Å²) in [5.74, 6) is 0.787. The van der Waals surface area contributed by atoms with Gasteiger partial charge in [0.15, 0.2) is 5.96 Å². The molecule has 0 atom stereocenters. The largest absolute Gasteiger partial charge is 0.357 e. The number of H-pyrrole nitrogens is 1. The molecule has 0 fully saturated rings. The van der Waals surface area contributed by atoms with Crippen molar-refractivity contribution >= 4 is 53.1 Å². The van der Waals surface area contributed by atoms with E-state index in [0.29, 0.717) is 16.7 Å². The number of aryl methyl sites for hydroxylation is 2. The van der Waals surface area contributed by atoms with Gasteiger partial charge in [0.25, 0.3) is 0 Å². The van der Waals surface area contributed by atoms with Crippen LogP contribution in [0.1, 0.15) is 30.3 Å². The Morgan fingerprint density at radius 1 is 1.36 bits per heavy atom. The molecule has 0 aromatic carbocycles. The van der Waals surface area contributed by atoms with Crippen molar-refractivity contribution in [3.05, 3.63) is 39.4 Å². The molecule has 140 valence electrons. The van der Waals surface area contributed by atoms with Crippen LogP contribution in [0.3, 0.4) is 0 Å². The molecule has 0 amide bonds. The van der Waals surface area contributed by atoms with Gasteiger partial charge in [-0.1, -0.05) is 23.2 Å². The van der Waals surface area contributed by atoms with E-state index in [1.54, 1.807) is 0 Å². The van der Waals surface area contributed by atoms with Gasteiger partial charge in [0.1, 0.15) is 5.15 Å². The lowest BCUT2D eigenvalue weighted by molar-refractivity contribution is 0.737.